The number of carboxylic acid groups (broad SMARTS) is 1. The molecule has 1 aromatic rings. The summed E-state index contributed by atoms with van der Waals surface area (Å²) in [6, 6.07) is -3.67. The fraction of sp³-hybridized carbons (Fsp3) is 0.658. The van der Waals surface area contributed by atoms with E-state index in [1.807, 2.05) is 0 Å². The van der Waals surface area contributed by atoms with E-state index in [0.29, 0.717) is 57.2 Å². The lowest BCUT2D eigenvalue weighted by Gasteiger charge is -2.31. The number of nitrogens with two attached hydrogens (primary N) is 3. The van der Waals surface area contributed by atoms with E-state index < -0.39 is 103 Å². The first-order valence-corrected chi connectivity index (χ1v) is 20.0. The van der Waals surface area contributed by atoms with E-state index in [1.54, 1.807) is 0 Å². The van der Waals surface area contributed by atoms with Crippen molar-refractivity contribution < 1.29 is 59.1 Å². The van der Waals surface area contributed by atoms with E-state index in [-0.39, 0.29) is 44.5 Å². The number of carboxylic acids is 1. The zero-order chi connectivity index (χ0) is 43.8. The molecular weight excluding hydrogens is 774 g/mol. The number of benzene rings is 1. The fourth-order valence-corrected chi connectivity index (χ4v) is 7.12. The zero-order valence-electron chi connectivity index (χ0n) is 33.3. The number of aliphatic hydroxyl groups excluding tert-OH is 3. The van der Waals surface area contributed by atoms with Crippen LogP contribution >= 0.6 is 0 Å². The molecule has 0 radical (unpaired) electrons. The van der Waals surface area contributed by atoms with Crippen molar-refractivity contribution in [2.24, 2.45) is 17.2 Å². The van der Waals surface area contributed by atoms with Crippen LogP contribution in [0.2, 0.25) is 0 Å². The van der Waals surface area contributed by atoms with Crippen LogP contribution in [0.5, 0.6) is 5.75 Å². The Morgan fingerprint density at radius 3 is 2.00 bits per heavy atom. The second-order valence-electron chi connectivity index (χ2n) is 15.1. The van der Waals surface area contributed by atoms with Crippen molar-refractivity contribution in [2.45, 2.75) is 126 Å². The maximum absolute atomic E-state index is 14.3. The van der Waals surface area contributed by atoms with E-state index in [1.165, 1.54) is 36.1 Å². The van der Waals surface area contributed by atoms with Crippen LogP contribution in [0.4, 0.5) is 0 Å². The van der Waals surface area contributed by atoms with Gasteiger partial charge in [0, 0.05) is 25.9 Å². The summed E-state index contributed by atoms with van der Waals surface area (Å²) >= 11 is 0. The molecule has 2 saturated heterocycles. The third kappa shape index (κ3) is 14.1. The van der Waals surface area contributed by atoms with Gasteiger partial charge in [-0.15, -0.1) is 0 Å². The highest BCUT2D eigenvalue weighted by Crippen LogP contribution is 2.23. The van der Waals surface area contributed by atoms with Gasteiger partial charge in [-0.1, -0.05) is 18.6 Å². The summed E-state index contributed by atoms with van der Waals surface area (Å²) in [6.45, 7) is 0.926. The predicted molar refractivity (Wildman–Crippen MR) is 211 cm³/mol. The first-order chi connectivity index (χ1) is 28.0. The largest absolute Gasteiger partial charge is 0.508 e. The molecule has 0 unspecified atom stereocenters. The van der Waals surface area contributed by atoms with Crippen LogP contribution in [0.3, 0.4) is 0 Å². The highest BCUT2D eigenvalue weighted by atomic mass is 16.4. The molecule has 9 atom stereocenters. The Morgan fingerprint density at radius 1 is 0.797 bits per heavy atom. The van der Waals surface area contributed by atoms with Gasteiger partial charge in [-0.2, -0.15) is 0 Å². The smallest absolute Gasteiger partial charge is 0.326 e. The van der Waals surface area contributed by atoms with Crippen LogP contribution in [-0.2, 0) is 40.0 Å². The molecule has 2 aliphatic heterocycles. The molecular formula is C38H61N9O12. The van der Waals surface area contributed by atoms with Gasteiger partial charge in [0.2, 0.25) is 35.4 Å². The molecule has 0 aromatic heterocycles. The summed E-state index contributed by atoms with van der Waals surface area (Å²) in [5, 5.41) is 60.4. The number of aliphatic hydroxyl groups is 3. The van der Waals surface area contributed by atoms with Gasteiger partial charge in [-0.25, -0.2) is 4.79 Å². The van der Waals surface area contributed by atoms with Crippen molar-refractivity contribution >= 4 is 41.4 Å². The van der Waals surface area contributed by atoms with Gasteiger partial charge in [0.05, 0.1) is 24.9 Å². The number of carbonyl (C=O) groups is 7. The molecule has 330 valence electrons. The number of aromatic hydroxyl groups is 1. The number of aliphatic carboxylic acids is 1. The first kappa shape index (κ1) is 48.4. The summed E-state index contributed by atoms with van der Waals surface area (Å²) in [5.41, 5.74) is 17.6. The molecule has 1 aromatic carbocycles. The molecule has 2 aliphatic rings. The molecule has 0 aliphatic carbocycles. The summed E-state index contributed by atoms with van der Waals surface area (Å²) in [4.78, 5) is 95.6. The van der Waals surface area contributed by atoms with Crippen LogP contribution in [0.15, 0.2) is 24.3 Å². The van der Waals surface area contributed by atoms with Crippen molar-refractivity contribution in [3.05, 3.63) is 29.8 Å². The van der Waals surface area contributed by atoms with Crippen molar-refractivity contribution in [1.29, 1.82) is 0 Å². The number of rotatable bonds is 23. The van der Waals surface area contributed by atoms with Crippen molar-refractivity contribution in [1.82, 2.24) is 31.1 Å². The molecule has 2 fully saturated rings. The number of nitrogens with one attached hydrogen (secondary N) is 4. The summed E-state index contributed by atoms with van der Waals surface area (Å²) in [7, 11) is 0. The molecule has 0 bridgehead atoms. The Hall–Kier alpha value is -4.93. The van der Waals surface area contributed by atoms with Gasteiger partial charge in [0.25, 0.3) is 0 Å². The van der Waals surface area contributed by atoms with E-state index in [0.717, 1.165) is 4.90 Å². The average molecular weight is 836 g/mol. The summed E-state index contributed by atoms with van der Waals surface area (Å²) < 4.78 is 0. The fourth-order valence-electron chi connectivity index (χ4n) is 7.12. The predicted octanol–water partition coefficient (Wildman–Crippen LogP) is -4.13. The minimum absolute atomic E-state index is 0.0359. The van der Waals surface area contributed by atoms with Crippen LogP contribution < -0.4 is 38.5 Å². The lowest BCUT2D eigenvalue weighted by atomic mass is 10.0. The average Bonchev–Trinajstić information content (AvgIpc) is 3.85. The Balaban J connectivity index is 1.80. The highest BCUT2D eigenvalue weighted by molar-refractivity contribution is 5.97. The van der Waals surface area contributed by atoms with Gasteiger partial charge >= 0.3 is 5.97 Å². The SMILES string of the molecule is C[C@@H](O)[C@H](NC(=O)[C@@H]1C[C@@H](O)CN1C(=O)[C@H](Cc1ccc(O)cc1)NC(=O)[C@H](CO)NC(=O)[C@@H]1CCCN1C(=O)[C@@H](N)CCCCN)C(=O)N[C@@H](CCCCN)C(=O)O. The molecule has 2 heterocycles. The van der Waals surface area contributed by atoms with Gasteiger partial charge in [0.15, 0.2) is 0 Å². The van der Waals surface area contributed by atoms with Crippen LogP contribution in [0, 0.1) is 0 Å². The van der Waals surface area contributed by atoms with Gasteiger partial charge in [0.1, 0.15) is 42.0 Å². The maximum atomic E-state index is 14.3. The number of likely N-dealkylation sites (tertiary alicyclic amines) is 2. The van der Waals surface area contributed by atoms with E-state index in [9.17, 15) is 59.1 Å². The van der Waals surface area contributed by atoms with E-state index >= 15 is 0 Å². The van der Waals surface area contributed by atoms with Crippen LogP contribution in [0.1, 0.15) is 70.3 Å². The van der Waals surface area contributed by atoms with Crippen molar-refractivity contribution in [2.75, 3.05) is 32.8 Å². The number of carbonyl (C=O) groups excluding carboxylic acids is 6. The molecule has 6 amide bonds. The van der Waals surface area contributed by atoms with Crippen LogP contribution in [-0.4, -0.2) is 164 Å². The Kier molecular flexibility index (Phi) is 19.4. The maximum Gasteiger partial charge on any atom is 0.326 e. The lowest BCUT2D eigenvalue weighted by Crippen LogP contribution is -2.61. The number of hydrogen-bond donors (Lipinski definition) is 12. The Labute approximate surface area is 342 Å². The number of hydrogen-bond acceptors (Lipinski definition) is 14. The van der Waals surface area contributed by atoms with Crippen molar-refractivity contribution in [3.63, 3.8) is 0 Å². The number of nitrogens with zero attached hydrogens (tertiary/aromatic N) is 2. The van der Waals surface area contributed by atoms with Gasteiger partial charge in [-0.3, -0.25) is 28.8 Å². The third-order valence-corrected chi connectivity index (χ3v) is 10.4. The summed E-state index contributed by atoms with van der Waals surface area (Å²) in [6.07, 6.45) is 0.0978. The van der Waals surface area contributed by atoms with Crippen LogP contribution in [0.25, 0.3) is 0 Å². The van der Waals surface area contributed by atoms with Crippen molar-refractivity contribution in [3.8, 4) is 5.75 Å². The number of unbranched alkanes of at least 4 members (excludes halogenated alkanes) is 2. The topological polar surface area (TPSA) is 353 Å². The molecule has 0 spiro atoms. The molecule has 0 saturated carbocycles. The third-order valence-electron chi connectivity index (χ3n) is 10.4. The van der Waals surface area contributed by atoms with Gasteiger partial charge in [-0.05, 0) is 82.7 Å². The molecule has 15 N–H and O–H groups in total. The second-order valence-corrected chi connectivity index (χ2v) is 15.1. The molecule has 21 nitrogen and oxygen atoms in total. The lowest BCUT2D eigenvalue weighted by molar-refractivity contribution is -0.144. The molecule has 3 rings (SSSR count). The van der Waals surface area contributed by atoms with Gasteiger partial charge < -0.3 is 73.8 Å². The molecule has 59 heavy (non-hydrogen) atoms. The van der Waals surface area contributed by atoms with E-state index in [2.05, 4.69) is 21.3 Å². The van der Waals surface area contributed by atoms with E-state index in [4.69, 9.17) is 17.2 Å². The summed E-state index contributed by atoms with van der Waals surface area (Å²) in [5.74, 6) is -6.39. The second kappa shape index (κ2) is 23.6. The Morgan fingerprint density at radius 2 is 1.41 bits per heavy atom. The monoisotopic (exact) mass is 835 g/mol. The number of β-amino-alcohol motifs (C(OH)–C–C–N with tert-alkyl or cyclic N) is 1. The number of amides is 6. The highest BCUT2D eigenvalue weighted by Gasteiger charge is 2.44. The zero-order valence-corrected chi connectivity index (χ0v) is 33.3. The minimum Gasteiger partial charge on any atom is -0.508 e. The number of phenolic OH excluding ortho intramolecular Hbond substituents is 1. The first-order valence-electron chi connectivity index (χ1n) is 20.0. The number of phenols is 1. The quantitative estimate of drug-likeness (QED) is 0.0466. The standard InChI is InChI=1S/C38H61N9O12/c1-21(49)31(35(55)42-26(38(58)59)8-3-5-15-40)45-34(54)30-18-24(51)19-47(30)37(57)27(17-22-10-12-23(50)13-11-22)43-32(52)28(20-48)44-33(53)29-9-6-16-46(29)36(56)25(41)7-2-4-14-39/h10-13,21,24-31,48-51H,2-9,14-20,39-41H2,1H3,(H,42,55)(H,43,52)(H,44,53)(H,45,54)(H,58,59)/t21-,24-,25+,26+,27+,28+,29+,30+,31+/m1/s1. The Bertz CT molecular complexity index is 1600. The molecule has 21 heteroatoms. The minimum atomic E-state index is -1.66. The normalized spacial score (nSPS) is 20.8.